The van der Waals surface area contributed by atoms with Crippen LogP contribution in [0.3, 0.4) is 0 Å². The van der Waals surface area contributed by atoms with E-state index in [1.165, 1.54) is 165 Å². The van der Waals surface area contributed by atoms with Crippen LogP contribution in [0, 0.1) is 149 Å². The molecule has 1 fully saturated rings. The van der Waals surface area contributed by atoms with Crippen molar-refractivity contribution in [2.75, 3.05) is 0 Å². The fourth-order valence-corrected chi connectivity index (χ4v) is 20.2. The summed E-state index contributed by atoms with van der Waals surface area (Å²) in [6.45, 7) is 53.8. The number of pyridine rings is 5. The number of fused-ring (bicyclic) bond motifs is 5. The predicted octanol–water partition coefficient (Wildman–Crippen LogP) is 30.1. The molecule has 5 aromatic heterocycles. The van der Waals surface area contributed by atoms with Gasteiger partial charge < -0.3 is 0 Å². The molecular formula is C122H148F4N5+5. The molecule has 0 saturated heterocycles. The van der Waals surface area contributed by atoms with E-state index in [4.69, 9.17) is 0 Å². The summed E-state index contributed by atoms with van der Waals surface area (Å²) in [5.41, 5.74) is 41.4. The van der Waals surface area contributed by atoms with Crippen LogP contribution >= 0.6 is 0 Å². The largest absolute Gasteiger partial charge is 0.213 e. The van der Waals surface area contributed by atoms with E-state index < -0.39 is 0 Å². The van der Waals surface area contributed by atoms with Gasteiger partial charge in [0.1, 0.15) is 58.5 Å². The minimum Gasteiger partial charge on any atom is -0.207 e. The molecule has 1 aliphatic rings. The first-order valence-electron chi connectivity index (χ1n) is 48.3. The molecule has 9 heteroatoms. The van der Waals surface area contributed by atoms with Gasteiger partial charge in [0, 0.05) is 116 Å². The van der Waals surface area contributed by atoms with Crippen molar-refractivity contribution >= 4 is 54.5 Å². The first-order valence-corrected chi connectivity index (χ1v) is 48.3. The number of aromatic nitrogens is 5. The highest BCUT2D eigenvalue weighted by Crippen LogP contribution is 2.40. The Balaban J connectivity index is 0.000000148. The normalized spacial score (nSPS) is 12.3. The molecule has 0 unspecified atom stereocenters. The molecule has 0 atom stereocenters. The van der Waals surface area contributed by atoms with E-state index in [2.05, 4.69) is 389 Å². The molecule has 15 aromatic rings. The van der Waals surface area contributed by atoms with Crippen LogP contribution < -0.4 is 22.8 Å². The summed E-state index contributed by atoms with van der Waals surface area (Å²) in [4.78, 5) is 0. The van der Waals surface area contributed by atoms with Crippen LogP contribution in [0.5, 0.6) is 0 Å². The number of rotatable bonds is 18. The Hall–Kier alpha value is -11.0. The van der Waals surface area contributed by atoms with Gasteiger partial charge in [0.15, 0.2) is 0 Å². The highest BCUT2D eigenvalue weighted by molar-refractivity contribution is 5.87. The van der Waals surface area contributed by atoms with Gasteiger partial charge in [-0.3, -0.25) is 0 Å². The van der Waals surface area contributed by atoms with Gasteiger partial charge in [0.25, 0.3) is 0 Å². The van der Waals surface area contributed by atoms with E-state index in [0.29, 0.717) is 35.5 Å². The lowest BCUT2D eigenvalue weighted by atomic mass is 9.91. The molecule has 0 amide bonds. The maximum absolute atomic E-state index is 15.4. The first kappa shape index (κ1) is 99.0. The number of aryl methyl sites for hydroxylation is 15. The van der Waals surface area contributed by atoms with E-state index in [1.54, 1.807) is 17.7 Å². The summed E-state index contributed by atoms with van der Waals surface area (Å²) >= 11 is 0. The third-order valence-corrected chi connectivity index (χ3v) is 27.3. The third kappa shape index (κ3) is 22.3. The summed E-state index contributed by atoms with van der Waals surface area (Å²) in [5.74, 6) is 3.06. The van der Waals surface area contributed by atoms with Gasteiger partial charge in [0.2, 0.25) is 56.1 Å². The van der Waals surface area contributed by atoms with E-state index in [9.17, 15) is 8.78 Å². The van der Waals surface area contributed by atoms with Crippen molar-refractivity contribution < 1.29 is 40.4 Å². The van der Waals surface area contributed by atoms with E-state index in [-0.39, 0.29) is 23.3 Å². The molecule has 16 rings (SSSR count). The number of hydrogen-bond acceptors (Lipinski definition) is 0. The highest BCUT2D eigenvalue weighted by atomic mass is 19.1. The molecule has 1 saturated carbocycles. The number of hydrogen-bond donors (Lipinski definition) is 0. The molecule has 0 N–H and O–H groups in total. The Morgan fingerprint density at radius 2 is 0.595 bits per heavy atom. The van der Waals surface area contributed by atoms with Gasteiger partial charge in [-0.25, -0.2) is 17.6 Å². The summed E-state index contributed by atoms with van der Waals surface area (Å²) < 4.78 is 70.9. The number of nitrogens with zero attached hydrogens (tertiary/aromatic N) is 5. The van der Waals surface area contributed by atoms with Gasteiger partial charge in [-0.2, -0.15) is 22.8 Å². The summed E-state index contributed by atoms with van der Waals surface area (Å²) in [7, 11) is 10.6. The molecule has 5 heterocycles. The van der Waals surface area contributed by atoms with Crippen LogP contribution in [0.4, 0.5) is 17.6 Å². The molecule has 0 radical (unpaired) electrons. The summed E-state index contributed by atoms with van der Waals surface area (Å²) in [6.07, 6.45) is 10.0. The average Bonchev–Trinajstić information content (AvgIpc) is 1.50. The van der Waals surface area contributed by atoms with Gasteiger partial charge >= 0.3 is 0 Å². The Kier molecular flexibility index (Phi) is 31.9. The lowest BCUT2D eigenvalue weighted by Gasteiger charge is -2.16. The Labute approximate surface area is 782 Å². The topological polar surface area (TPSA) is 19.4 Å². The molecular weight excluding hydrogens is 1610 g/mol. The van der Waals surface area contributed by atoms with Gasteiger partial charge in [0.05, 0.1) is 16.2 Å². The zero-order chi connectivity index (χ0) is 95.3. The lowest BCUT2D eigenvalue weighted by molar-refractivity contribution is -0.633. The molecule has 1 aliphatic carbocycles. The van der Waals surface area contributed by atoms with E-state index >= 15 is 8.78 Å². The van der Waals surface area contributed by atoms with Crippen molar-refractivity contribution in [3.63, 3.8) is 0 Å². The number of benzene rings is 10. The van der Waals surface area contributed by atoms with Crippen LogP contribution in [0.1, 0.15) is 226 Å². The first-order chi connectivity index (χ1) is 62.0. The van der Waals surface area contributed by atoms with E-state index in [0.717, 1.165) is 121 Å². The van der Waals surface area contributed by atoms with Crippen LogP contribution in [0.2, 0.25) is 0 Å². The standard InChI is InChI=1S/C27H35FN.C26H33FN.2C23H27FN.C23H26N/c1-16(2)11-21-15-26-22(24(27(21)28)12-17(3)4)9-10-25(29(26)8)23-14-18(5)13-19(6)20(23)7;1-16(2)12-20-15-25-21(23(26(20)27)13-17(3)4)10-11-24(28(25)7)22-14-18(5)8-9-19(22)6;1-14(2)11-20-18-7-9-23(25(6)22(18)10-8-21(20)24)19-13-15(3)12-16(4)17(19)5;1-14(2)9-19-13-23-18(12-21(19)24)7-8-22(25(23)6)20-11-15(3)10-16(4)17(20)5;1-16-11-12-17(2)21(15-16)23-14-13-20-19(18-7-4-5-8-18)9-6-10-22(20)24(23)3/h9-10,13-17H,11-12H2,1-8H3;8-11,14-17H,12-13H2,1-7H3;7-10,12-14H,11H2,1-6H3;7-8,10-14H,9H2,1-6H3;6,9-15,18H,4-5,7-8H2,1-3H3/q5*+1. The van der Waals surface area contributed by atoms with Crippen LogP contribution in [-0.4, -0.2) is 0 Å². The fraction of sp³-hybridized carbons (Fsp3) is 0.385. The second-order valence-corrected chi connectivity index (χ2v) is 41.1. The Bertz CT molecular complexity index is 6690. The third-order valence-electron chi connectivity index (χ3n) is 27.3. The Morgan fingerprint density at radius 1 is 0.267 bits per heavy atom. The SMILES string of the molecule is Cc1cc(C)c(C)c(-c2ccc3c(CC(C)C)c(F)c(CC(C)C)cc3[n+]2C)c1.Cc1cc(C)c(C)c(-c2ccc3c(CC(C)C)c(F)ccc3[n+]2C)c1.Cc1cc(C)c(C)c(-c2ccc3cc(F)c(CC(C)C)cc3[n+]2C)c1.Cc1ccc(C)c(-c2ccc3c(C4CCCC4)cccc3[n+]2C)c1.Cc1ccc(C)c(-c2ccc3c(CC(C)C)c(F)c(CC(C)C)cc3[n+]2C)c1. The lowest BCUT2D eigenvalue weighted by Crippen LogP contribution is -2.33. The van der Waals surface area contributed by atoms with Crippen molar-refractivity contribution in [1.29, 1.82) is 0 Å². The van der Waals surface area contributed by atoms with Crippen molar-refractivity contribution in [2.24, 2.45) is 70.7 Å². The molecule has 0 spiro atoms. The zero-order valence-corrected chi connectivity index (χ0v) is 84.8. The monoisotopic (exact) mass is 1760 g/mol. The molecule has 131 heavy (non-hydrogen) atoms. The highest BCUT2D eigenvalue weighted by Gasteiger charge is 2.30. The molecule has 10 aromatic carbocycles. The second-order valence-electron chi connectivity index (χ2n) is 41.1. The summed E-state index contributed by atoms with van der Waals surface area (Å²) in [5, 5.41) is 5.47. The van der Waals surface area contributed by atoms with Crippen LogP contribution in [0.25, 0.3) is 111 Å². The second kappa shape index (κ2) is 42.2. The average molecular weight is 1760 g/mol. The summed E-state index contributed by atoms with van der Waals surface area (Å²) in [6, 6.07) is 66.5. The minimum atomic E-state index is -0.100. The van der Waals surface area contributed by atoms with Crippen LogP contribution in [-0.2, 0) is 73.8 Å². The molecule has 0 bridgehead atoms. The van der Waals surface area contributed by atoms with E-state index in [1.807, 2.05) is 18.2 Å². The molecule has 684 valence electrons. The van der Waals surface area contributed by atoms with Gasteiger partial charge in [-0.05, 0) is 322 Å². The molecule has 0 aliphatic heterocycles. The van der Waals surface area contributed by atoms with Gasteiger partial charge in [-0.1, -0.05) is 178 Å². The fourth-order valence-electron chi connectivity index (χ4n) is 20.2. The minimum absolute atomic E-state index is 0.00442. The zero-order valence-electron chi connectivity index (χ0n) is 84.8. The van der Waals surface area contributed by atoms with Crippen molar-refractivity contribution in [2.45, 2.75) is 243 Å². The molecule has 5 nitrogen and oxygen atoms in total. The maximum atomic E-state index is 15.4. The van der Waals surface area contributed by atoms with Crippen molar-refractivity contribution in [1.82, 2.24) is 0 Å². The predicted molar refractivity (Wildman–Crippen MR) is 547 cm³/mol. The smallest absolute Gasteiger partial charge is 0.207 e. The van der Waals surface area contributed by atoms with Gasteiger partial charge in [-0.15, -0.1) is 0 Å². The Morgan fingerprint density at radius 3 is 1.00 bits per heavy atom. The van der Waals surface area contributed by atoms with Crippen molar-refractivity contribution in [3.05, 3.63) is 323 Å². The van der Waals surface area contributed by atoms with Crippen LogP contribution in [0.15, 0.2) is 188 Å². The quantitative estimate of drug-likeness (QED) is 0.0603. The maximum Gasteiger partial charge on any atom is 0.213 e. The number of halogens is 4. The van der Waals surface area contributed by atoms with Crippen molar-refractivity contribution in [3.8, 4) is 56.3 Å².